The molecular formula is C27H33O17+. The van der Waals surface area contributed by atoms with E-state index in [0.29, 0.717) is 0 Å². The number of allylic oxidation sites excluding steroid dienone is 2. The molecule has 3 aliphatic heterocycles. The highest BCUT2D eigenvalue weighted by Crippen LogP contribution is 2.41. The second-order valence-electron chi connectivity index (χ2n) is 10.5. The molecule has 0 radical (unpaired) electrons. The van der Waals surface area contributed by atoms with Crippen LogP contribution in [0.1, 0.15) is 5.56 Å². The average Bonchev–Trinajstić information content (AvgIpc) is 2.98. The lowest BCUT2D eigenvalue weighted by molar-refractivity contribution is -0.327. The number of aliphatic hydroxyl groups is 11. The van der Waals surface area contributed by atoms with Gasteiger partial charge in [-0.15, -0.1) is 0 Å². The Morgan fingerprint density at radius 1 is 0.727 bits per heavy atom. The molecule has 242 valence electrons. The van der Waals surface area contributed by atoms with Gasteiger partial charge in [-0.25, -0.2) is 0 Å². The number of hydrogen-bond acceptors (Lipinski definition) is 16. The number of benzene rings is 1. The van der Waals surface area contributed by atoms with E-state index in [1.165, 1.54) is 12.2 Å². The number of phenols is 3. The molecule has 1 unspecified atom stereocenters. The summed E-state index contributed by atoms with van der Waals surface area (Å²) in [5, 5.41) is 122. The summed E-state index contributed by atoms with van der Waals surface area (Å²) in [5.41, 5.74) is 0.112. The number of hydrogen-bond donors (Lipinski definition) is 12. The molecular weight excluding hydrogens is 596 g/mol. The molecule has 1 aromatic carbocycles. The van der Waals surface area contributed by atoms with E-state index in [1.54, 1.807) is 0 Å². The first-order valence-electron chi connectivity index (χ1n) is 13.3. The van der Waals surface area contributed by atoms with Crippen molar-refractivity contribution in [1.29, 1.82) is 0 Å². The minimum Gasteiger partial charge on any atom is -0.571 e. The van der Waals surface area contributed by atoms with Crippen LogP contribution in [0.25, 0.3) is 5.76 Å². The van der Waals surface area contributed by atoms with Crippen molar-refractivity contribution in [2.75, 3.05) is 13.2 Å². The molecule has 5 rings (SSSR count). The lowest BCUT2D eigenvalue weighted by Crippen LogP contribution is -2.61. The number of aromatic hydroxyl groups is 3. The molecule has 1 aromatic rings. The Morgan fingerprint density at radius 3 is 1.95 bits per heavy atom. The van der Waals surface area contributed by atoms with Gasteiger partial charge in [-0.05, 0) is 0 Å². The maximum atomic E-state index is 10.7. The van der Waals surface area contributed by atoms with Gasteiger partial charge >= 0.3 is 5.76 Å². The lowest BCUT2D eigenvalue weighted by atomic mass is 9.96. The van der Waals surface area contributed by atoms with Crippen molar-refractivity contribution < 1.29 is 85.0 Å². The second-order valence-corrected chi connectivity index (χ2v) is 10.5. The van der Waals surface area contributed by atoms with Crippen LogP contribution in [0.4, 0.5) is 0 Å². The highest BCUT2D eigenvalue weighted by Gasteiger charge is 2.49. The summed E-state index contributed by atoms with van der Waals surface area (Å²) < 4.78 is 26.6. The van der Waals surface area contributed by atoms with E-state index in [4.69, 9.17) is 18.9 Å². The highest BCUT2D eigenvalue weighted by atomic mass is 16.7. The molecule has 0 bridgehead atoms. The van der Waals surface area contributed by atoms with Crippen molar-refractivity contribution in [3.8, 4) is 17.2 Å². The Morgan fingerprint density at radius 2 is 1.32 bits per heavy atom. The number of fused-ring (bicyclic) bond motifs is 1. The van der Waals surface area contributed by atoms with E-state index in [-0.39, 0.29) is 34.2 Å². The summed E-state index contributed by atoms with van der Waals surface area (Å²) in [7, 11) is 0. The Bertz CT molecular complexity index is 1340. The zero-order valence-electron chi connectivity index (χ0n) is 22.6. The molecule has 2 fully saturated rings. The molecule has 17 heteroatoms. The second kappa shape index (κ2) is 12.4. The average molecular weight is 630 g/mol. The van der Waals surface area contributed by atoms with E-state index >= 15 is 0 Å². The van der Waals surface area contributed by atoms with Crippen molar-refractivity contribution >= 4 is 5.76 Å². The SMILES string of the molecule is OC[C@H]1O[C@@H](OC[C@H]2O[C@@H](OC3=C(c4cc(O)c(O)c(O)c4)[OH+]C4C=C(O)C=C(O)C4=C3)[C@H](O)[C@@H](O)[C@@H]2O)[C@H](O)[C@@H](O)[C@@H]1O. The van der Waals surface area contributed by atoms with Crippen molar-refractivity contribution in [2.24, 2.45) is 0 Å². The summed E-state index contributed by atoms with van der Waals surface area (Å²) >= 11 is 0. The van der Waals surface area contributed by atoms with Crippen LogP contribution in [-0.4, -0.2) is 147 Å². The lowest BCUT2D eigenvalue weighted by Gasteiger charge is -2.42. The molecule has 0 saturated carbocycles. The minimum atomic E-state index is -1.89. The maximum Gasteiger partial charge on any atom is 0.305 e. The number of rotatable bonds is 7. The van der Waals surface area contributed by atoms with Gasteiger partial charge in [0.05, 0.1) is 30.4 Å². The molecule has 11 atom stereocenters. The minimum absolute atomic E-state index is 0.0154. The van der Waals surface area contributed by atoms with E-state index in [9.17, 15) is 61.3 Å². The molecule has 4 aliphatic rings. The summed E-state index contributed by atoms with van der Waals surface area (Å²) in [5.74, 6) is -3.31. The fourth-order valence-electron chi connectivity index (χ4n) is 5.07. The van der Waals surface area contributed by atoms with Crippen LogP contribution in [0.5, 0.6) is 17.2 Å². The summed E-state index contributed by atoms with van der Waals surface area (Å²) in [6.45, 7) is -1.34. The van der Waals surface area contributed by atoms with Gasteiger partial charge in [0, 0.05) is 24.3 Å². The monoisotopic (exact) mass is 629 g/mol. The van der Waals surface area contributed by atoms with Crippen molar-refractivity contribution in [3.63, 3.8) is 0 Å². The Labute approximate surface area is 247 Å². The smallest absolute Gasteiger partial charge is 0.305 e. The van der Waals surface area contributed by atoms with Gasteiger partial charge < -0.3 is 85.0 Å². The summed E-state index contributed by atoms with van der Waals surface area (Å²) in [4.78, 5) is 0. The molecule has 0 spiro atoms. The van der Waals surface area contributed by atoms with E-state index in [0.717, 1.165) is 18.2 Å². The van der Waals surface area contributed by atoms with Crippen LogP contribution >= 0.6 is 0 Å². The van der Waals surface area contributed by atoms with Crippen LogP contribution in [0.15, 0.2) is 53.2 Å². The van der Waals surface area contributed by atoms with E-state index in [2.05, 4.69) is 4.74 Å². The molecule has 44 heavy (non-hydrogen) atoms. The zero-order valence-corrected chi connectivity index (χ0v) is 22.6. The fourth-order valence-corrected chi connectivity index (χ4v) is 5.07. The topological polar surface area (TPSA) is 292 Å². The number of aliphatic hydroxyl groups excluding tert-OH is 9. The first kappa shape index (κ1) is 31.8. The third-order valence-electron chi connectivity index (χ3n) is 7.54. The Hall–Kier alpha value is -3.62. The van der Waals surface area contributed by atoms with Crippen molar-refractivity contribution in [1.82, 2.24) is 0 Å². The Kier molecular flexibility index (Phi) is 8.96. The van der Waals surface area contributed by atoms with Gasteiger partial charge in [0.15, 0.2) is 23.5 Å². The van der Waals surface area contributed by atoms with Gasteiger partial charge in [-0.2, -0.15) is 0 Å². The van der Waals surface area contributed by atoms with Gasteiger partial charge in [-0.1, -0.05) is 0 Å². The zero-order chi connectivity index (χ0) is 32.0. The largest absolute Gasteiger partial charge is 0.571 e. The van der Waals surface area contributed by atoms with Gasteiger partial charge in [-0.3, -0.25) is 0 Å². The maximum absolute atomic E-state index is 10.7. The third-order valence-corrected chi connectivity index (χ3v) is 7.54. The van der Waals surface area contributed by atoms with Crippen molar-refractivity contribution in [3.05, 3.63) is 58.8 Å². The molecule has 17 nitrogen and oxygen atoms in total. The van der Waals surface area contributed by atoms with Crippen LogP contribution in [0.2, 0.25) is 0 Å². The molecule has 2 saturated heterocycles. The van der Waals surface area contributed by atoms with Crippen LogP contribution < -0.4 is 0 Å². The first-order valence-corrected chi connectivity index (χ1v) is 13.3. The Balaban J connectivity index is 1.42. The predicted octanol–water partition coefficient (Wildman–Crippen LogP) is -3.15. The number of ether oxygens (including phenoxy) is 5. The summed E-state index contributed by atoms with van der Waals surface area (Å²) in [6, 6.07) is 2.07. The number of phenolic OH excluding ortho intramolecular Hbond substituents is 3. The fraction of sp³-hybridized carbons (Fsp3) is 0.481. The molecule has 1 aliphatic carbocycles. The highest BCUT2D eigenvalue weighted by molar-refractivity contribution is 5.71. The van der Waals surface area contributed by atoms with Crippen molar-refractivity contribution in [2.45, 2.75) is 67.5 Å². The van der Waals surface area contributed by atoms with E-state index in [1.807, 2.05) is 0 Å². The van der Waals surface area contributed by atoms with Gasteiger partial charge in [0.25, 0.3) is 0 Å². The molecule has 13 N–H and O–H groups in total. The first-order chi connectivity index (χ1) is 20.8. The standard InChI is InChI=1S/C27H32O17/c28-6-16-19(34)21(36)23(38)26(43-16)40-7-17-20(35)22(37)24(39)27(44-17)42-15-5-10-11(30)3-9(29)4-14(10)41-25(15)8-1-12(31)18(33)13(32)2-8/h1-5,14,16-17,19-24,26-39H,6-7H2/p+1/t14?,16-,17-,19-,20-,21+,22+,23-,24-,26-,27-/m1/s1. The molecule has 0 aromatic heterocycles. The van der Waals surface area contributed by atoms with Crippen LogP contribution in [0.3, 0.4) is 0 Å². The predicted molar refractivity (Wildman–Crippen MR) is 141 cm³/mol. The molecule has 0 amide bonds. The van der Waals surface area contributed by atoms with Crippen LogP contribution in [0, 0.1) is 0 Å². The molecule has 3 heterocycles. The van der Waals surface area contributed by atoms with E-state index < -0.39 is 98.0 Å². The summed E-state index contributed by atoms with van der Waals surface area (Å²) in [6.07, 6.45) is -14.2. The van der Waals surface area contributed by atoms with Crippen LogP contribution in [-0.2, 0) is 18.9 Å². The van der Waals surface area contributed by atoms with Gasteiger partial charge in [0.2, 0.25) is 18.2 Å². The van der Waals surface area contributed by atoms with Gasteiger partial charge in [0.1, 0.15) is 60.4 Å². The third kappa shape index (κ3) is 5.89. The normalized spacial score (nSPS) is 37.3. The quantitative estimate of drug-likeness (QED) is 0.105.